The van der Waals surface area contributed by atoms with Crippen LogP contribution in [0.1, 0.15) is 10.4 Å². The number of nitrogens with zero attached hydrogens (tertiary/aromatic N) is 1. The Morgan fingerprint density at radius 3 is 2.47 bits per heavy atom. The Bertz CT molecular complexity index is 442. The summed E-state index contributed by atoms with van der Waals surface area (Å²) < 4.78 is 13.5. The molecule has 0 aromatic heterocycles. The van der Waals surface area contributed by atoms with Crippen LogP contribution in [0.15, 0.2) is 18.2 Å². The molecule has 92 valence electrons. The van der Waals surface area contributed by atoms with Gasteiger partial charge in [0.05, 0.1) is 17.8 Å². The number of anilines is 1. The van der Waals surface area contributed by atoms with Crippen LogP contribution >= 0.6 is 0 Å². The summed E-state index contributed by atoms with van der Waals surface area (Å²) in [5.41, 5.74) is 5.51. The third-order valence-corrected chi connectivity index (χ3v) is 2.77. The maximum absolute atomic E-state index is 13.5. The maximum Gasteiger partial charge on any atom is 0.257 e. The Hall–Kier alpha value is -1.66. The first-order valence-corrected chi connectivity index (χ1v) is 5.19. The summed E-state index contributed by atoms with van der Waals surface area (Å²) in [6, 6.07) is 3.79. The van der Waals surface area contributed by atoms with Gasteiger partial charge in [-0.3, -0.25) is 4.79 Å². The van der Waals surface area contributed by atoms with Crippen molar-refractivity contribution in [2.45, 2.75) is 12.2 Å². The van der Waals surface area contributed by atoms with Crippen molar-refractivity contribution in [1.82, 2.24) is 4.90 Å². The monoisotopic (exact) mass is 240 g/mol. The van der Waals surface area contributed by atoms with E-state index in [-0.39, 0.29) is 24.3 Å². The molecule has 1 aliphatic rings. The number of nitrogens with two attached hydrogens (primary N) is 1. The number of amides is 1. The summed E-state index contributed by atoms with van der Waals surface area (Å²) in [6.45, 7) is 0.00757. The summed E-state index contributed by atoms with van der Waals surface area (Å²) in [5.74, 6) is -1.26. The molecule has 1 fully saturated rings. The van der Waals surface area contributed by atoms with Gasteiger partial charge in [-0.15, -0.1) is 0 Å². The summed E-state index contributed by atoms with van der Waals surface area (Å²) in [4.78, 5) is 13.1. The molecule has 17 heavy (non-hydrogen) atoms. The molecular weight excluding hydrogens is 227 g/mol. The van der Waals surface area contributed by atoms with Crippen LogP contribution in [-0.2, 0) is 0 Å². The second-order valence-corrected chi connectivity index (χ2v) is 4.08. The zero-order valence-electron chi connectivity index (χ0n) is 9.01. The summed E-state index contributed by atoms with van der Waals surface area (Å²) in [7, 11) is 0. The number of aliphatic hydroxyl groups is 2. The normalized spacial score (nSPS) is 24.1. The molecule has 1 saturated heterocycles. The molecule has 4 N–H and O–H groups in total. The first kappa shape index (κ1) is 11.8. The number of carbonyl (C=O) groups excluding carboxylic acids is 1. The summed E-state index contributed by atoms with van der Waals surface area (Å²) in [6.07, 6.45) is -1.95. The molecule has 2 rings (SSSR count). The fraction of sp³-hybridized carbons (Fsp3) is 0.364. The van der Waals surface area contributed by atoms with E-state index in [0.717, 1.165) is 6.07 Å². The number of rotatable bonds is 1. The number of hydrogen-bond acceptors (Lipinski definition) is 4. The molecule has 1 aliphatic heterocycles. The van der Waals surface area contributed by atoms with Crippen molar-refractivity contribution in [3.63, 3.8) is 0 Å². The highest BCUT2D eigenvalue weighted by Gasteiger charge is 2.33. The lowest BCUT2D eigenvalue weighted by Crippen LogP contribution is -2.30. The number of benzene rings is 1. The van der Waals surface area contributed by atoms with E-state index in [4.69, 9.17) is 5.73 Å². The molecule has 2 unspecified atom stereocenters. The Balaban J connectivity index is 2.20. The van der Waals surface area contributed by atoms with Crippen LogP contribution in [-0.4, -0.2) is 46.3 Å². The average molecular weight is 240 g/mol. The summed E-state index contributed by atoms with van der Waals surface area (Å²) >= 11 is 0. The zero-order chi connectivity index (χ0) is 12.6. The van der Waals surface area contributed by atoms with E-state index in [2.05, 4.69) is 0 Å². The fourth-order valence-electron chi connectivity index (χ4n) is 1.81. The van der Waals surface area contributed by atoms with Crippen LogP contribution in [0.3, 0.4) is 0 Å². The molecule has 0 spiro atoms. The van der Waals surface area contributed by atoms with Crippen molar-refractivity contribution in [3.05, 3.63) is 29.6 Å². The molecule has 1 heterocycles. The minimum Gasteiger partial charge on any atom is -0.399 e. The van der Waals surface area contributed by atoms with Crippen LogP contribution in [0.4, 0.5) is 10.1 Å². The molecule has 0 bridgehead atoms. The van der Waals surface area contributed by atoms with Gasteiger partial charge in [-0.1, -0.05) is 0 Å². The lowest BCUT2D eigenvalue weighted by atomic mass is 10.1. The lowest BCUT2D eigenvalue weighted by molar-refractivity contribution is 0.0572. The van der Waals surface area contributed by atoms with Gasteiger partial charge in [0.2, 0.25) is 0 Å². The fourth-order valence-corrected chi connectivity index (χ4v) is 1.81. The average Bonchev–Trinajstić information content (AvgIpc) is 2.58. The van der Waals surface area contributed by atoms with E-state index in [9.17, 15) is 19.4 Å². The second kappa shape index (κ2) is 4.31. The van der Waals surface area contributed by atoms with Gasteiger partial charge in [-0.05, 0) is 18.2 Å². The minimum absolute atomic E-state index is 0.00379. The summed E-state index contributed by atoms with van der Waals surface area (Å²) in [5, 5.41) is 18.6. The smallest absolute Gasteiger partial charge is 0.257 e. The number of nitrogen functional groups attached to an aromatic ring is 1. The third-order valence-electron chi connectivity index (χ3n) is 2.77. The SMILES string of the molecule is Nc1ccc(C(=O)N2CC(O)C(O)C2)c(F)c1. The van der Waals surface area contributed by atoms with E-state index >= 15 is 0 Å². The largest absolute Gasteiger partial charge is 0.399 e. The molecule has 1 aromatic carbocycles. The van der Waals surface area contributed by atoms with Gasteiger partial charge in [0.25, 0.3) is 5.91 Å². The molecule has 6 heteroatoms. The van der Waals surface area contributed by atoms with Gasteiger partial charge < -0.3 is 20.8 Å². The van der Waals surface area contributed by atoms with E-state index in [1.807, 2.05) is 0 Å². The standard InChI is InChI=1S/C11H13FN2O3/c12-8-3-6(13)1-2-7(8)11(17)14-4-9(15)10(16)5-14/h1-3,9-10,15-16H,4-5,13H2. The van der Waals surface area contributed by atoms with Crippen LogP contribution in [0.25, 0.3) is 0 Å². The highest BCUT2D eigenvalue weighted by atomic mass is 19.1. The van der Waals surface area contributed by atoms with Gasteiger partial charge in [0.1, 0.15) is 5.82 Å². The van der Waals surface area contributed by atoms with Crippen molar-refractivity contribution in [2.24, 2.45) is 0 Å². The Morgan fingerprint density at radius 1 is 1.35 bits per heavy atom. The van der Waals surface area contributed by atoms with Crippen LogP contribution in [0, 0.1) is 5.82 Å². The first-order chi connectivity index (χ1) is 7.99. The lowest BCUT2D eigenvalue weighted by Gasteiger charge is -2.15. The Kier molecular flexibility index (Phi) is 2.99. The van der Waals surface area contributed by atoms with E-state index in [0.29, 0.717) is 0 Å². The number of β-amino-alcohol motifs (C(OH)–C–C–N with tert-alkyl or cyclic N) is 2. The van der Waals surface area contributed by atoms with Gasteiger partial charge in [-0.2, -0.15) is 0 Å². The predicted molar refractivity (Wildman–Crippen MR) is 58.7 cm³/mol. The first-order valence-electron chi connectivity index (χ1n) is 5.19. The van der Waals surface area contributed by atoms with Crippen molar-refractivity contribution < 1.29 is 19.4 Å². The highest BCUT2D eigenvalue weighted by Crippen LogP contribution is 2.18. The zero-order valence-corrected chi connectivity index (χ0v) is 9.01. The minimum atomic E-state index is -0.976. The van der Waals surface area contributed by atoms with Crippen molar-refractivity contribution in [2.75, 3.05) is 18.8 Å². The van der Waals surface area contributed by atoms with Gasteiger partial charge >= 0.3 is 0 Å². The molecule has 1 amide bonds. The van der Waals surface area contributed by atoms with Crippen LogP contribution < -0.4 is 5.73 Å². The van der Waals surface area contributed by atoms with Crippen molar-refractivity contribution in [1.29, 1.82) is 0 Å². The van der Waals surface area contributed by atoms with Crippen molar-refractivity contribution in [3.8, 4) is 0 Å². The third kappa shape index (κ3) is 2.22. The number of halogens is 1. The van der Waals surface area contributed by atoms with Gasteiger partial charge in [-0.25, -0.2) is 4.39 Å². The van der Waals surface area contributed by atoms with Gasteiger partial charge in [0, 0.05) is 18.8 Å². The molecular formula is C11H13FN2O3. The number of hydrogen-bond donors (Lipinski definition) is 3. The van der Waals surface area contributed by atoms with Crippen LogP contribution in [0.5, 0.6) is 0 Å². The molecule has 0 radical (unpaired) electrons. The van der Waals surface area contributed by atoms with Crippen molar-refractivity contribution >= 4 is 11.6 Å². The second-order valence-electron chi connectivity index (χ2n) is 4.08. The molecule has 2 atom stereocenters. The Labute approximate surface area is 97.3 Å². The van der Waals surface area contributed by atoms with E-state index in [1.165, 1.54) is 17.0 Å². The molecule has 1 aromatic rings. The quantitative estimate of drug-likeness (QED) is 0.582. The number of aliphatic hydroxyl groups excluding tert-OH is 2. The molecule has 0 aliphatic carbocycles. The topological polar surface area (TPSA) is 86.8 Å². The highest BCUT2D eigenvalue weighted by molar-refractivity contribution is 5.95. The number of likely N-dealkylation sites (tertiary alicyclic amines) is 1. The van der Waals surface area contributed by atoms with Crippen LogP contribution in [0.2, 0.25) is 0 Å². The number of carbonyl (C=O) groups is 1. The molecule has 5 nitrogen and oxygen atoms in total. The molecule has 0 saturated carbocycles. The predicted octanol–water partition coefficient (Wildman–Crippen LogP) is -0.415. The van der Waals surface area contributed by atoms with E-state index in [1.54, 1.807) is 0 Å². The maximum atomic E-state index is 13.5. The van der Waals surface area contributed by atoms with Gasteiger partial charge in [0.15, 0.2) is 0 Å². The Morgan fingerprint density at radius 2 is 1.94 bits per heavy atom. The van der Waals surface area contributed by atoms with E-state index < -0.39 is 23.9 Å².